The number of rotatable bonds is 8. The van der Waals surface area contributed by atoms with Crippen molar-refractivity contribution in [3.8, 4) is 0 Å². The second kappa shape index (κ2) is 10.2. The van der Waals surface area contributed by atoms with E-state index in [-0.39, 0.29) is 41.0 Å². The summed E-state index contributed by atoms with van der Waals surface area (Å²) in [6.07, 6.45) is 0. The fraction of sp³-hybridized carbons (Fsp3) is 0.143. The molecule has 1 heterocycles. The lowest BCUT2D eigenvalue weighted by Gasteiger charge is -2.18. The first kappa shape index (κ1) is 21.0. The molecule has 3 rings (SSSR count). The Kier molecular flexibility index (Phi) is 7.37. The van der Waals surface area contributed by atoms with Crippen LogP contribution >= 0.6 is 23.1 Å². The van der Waals surface area contributed by atoms with Gasteiger partial charge in [-0.3, -0.25) is 9.59 Å². The SMILES string of the molecule is O=C(CSCC(=O)NC(c1ccc(F)cc1)c1cccs1)Nc1ccc(F)cc1. The van der Waals surface area contributed by atoms with E-state index in [9.17, 15) is 18.4 Å². The summed E-state index contributed by atoms with van der Waals surface area (Å²) >= 11 is 2.67. The van der Waals surface area contributed by atoms with Gasteiger partial charge in [0.05, 0.1) is 17.5 Å². The highest BCUT2D eigenvalue weighted by atomic mass is 32.2. The van der Waals surface area contributed by atoms with Gasteiger partial charge in [0.15, 0.2) is 0 Å². The fourth-order valence-corrected chi connectivity index (χ4v) is 4.03. The number of amides is 2. The second-order valence-electron chi connectivity index (χ2n) is 6.12. The average molecular weight is 433 g/mol. The summed E-state index contributed by atoms with van der Waals surface area (Å²) < 4.78 is 26.1. The van der Waals surface area contributed by atoms with Crippen molar-refractivity contribution in [2.45, 2.75) is 6.04 Å². The quantitative estimate of drug-likeness (QED) is 0.547. The minimum absolute atomic E-state index is 0.0883. The van der Waals surface area contributed by atoms with Crippen molar-refractivity contribution in [3.05, 3.63) is 88.1 Å². The van der Waals surface area contributed by atoms with Gasteiger partial charge in [0.2, 0.25) is 11.8 Å². The Morgan fingerprint density at radius 3 is 2.14 bits per heavy atom. The molecule has 0 aliphatic heterocycles. The highest BCUT2D eigenvalue weighted by Crippen LogP contribution is 2.26. The minimum atomic E-state index is -0.379. The van der Waals surface area contributed by atoms with Crippen molar-refractivity contribution in [2.75, 3.05) is 16.8 Å². The van der Waals surface area contributed by atoms with Gasteiger partial charge in [0, 0.05) is 10.6 Å². The lowest BCUT2D eigenvalue weighted by Crippen LogP contribution is -2.30. The molecule has 2 amide bonds. The monoisotopic (exact) mass is 432 g/mol. The average Bonchev–Trinajstić information content (AvgIpc) is 3.23. The van der Waals surface area contributed by atoms with Gasteiger partial charge in [-0.2, -0.15) is 0 Å². The van der Waals surface area contributed by atoms with Crippen LogP contribution in [0.2, 0.25) is 0 Å². The van der Waals surface area contributed by atoms with Gasteiger partial charge in [-0.25, -0.2) is 8.78 Å². The fourth-order valence-electron chi connectivity index (χ4n) is 2.60. The summed E-state index contributed by atoms with van der Waals surface area (Å²) in [7, 11) is 0. The Balaban J connectivity index is 1.51. The first-order chi connectivity index (χ1) is 14.0. The van der Waals surface area contributed by atoms with E-state index in [0.717, 1.165) is 10.4 Å². The predicted molar refractivity (Wildman–Crippen MR) is 113 cm³/mol. The van der Waals surface area contributed by atoms with E-state index in [1.165, 1.54) is 59.5 Å². The third-order valence-electron chi connectivity index (χ3n) is 3.93. The molecule has 0 saturated carbocycles. The molecule has 2 N–H and O–H groups in total. The molecule has 1 atom stereocenters. The van der Waals surface area contributed by atoms with Gasteiger partial charge < -0.3 is 10.6 Å². The molecule has 2 aromatic carbocycles. The molecule has 0 aliphatic carbocycles. The number of hydrogen-bond donors (Lipinski definition) is 2. The maximum atomic E-state index is 13.2. The first-order valence-corrected chi connectivity index (χ1v) is 10.8. The second-order valence-corrected chi connectivity index (χ2v) is 8.08. The molecule has 0 spiro atoms. The number of benzene rings is 2. The van der Waals surface area contributed by atoms with Gasteiger partial charge in [-0.15, -0.1) is 23.1 Å². The van der Waals surface area contributed by atoms with Gasteiger partial charge in [0.1, 0.15) is 11.6 Å². The van der Waals surface area contributed by atoms with Crippen LogP contribution in [-0.4, -0.2) is 23.3 Å². The maximum Gasteiger partial charge on any atom is 0.234 e. The summed E-state index contributed by atoms with van der Waals surface area (Å²) in [5.41, 5.74) is 1.27. The lowest BCUT2D eigenvalue weighted by atomic mass is 10.1. The highest BCUT2D eigenvalue weighted by Gasteiger charge is 2.18. The van der Waals surface area contributed by atoms with Crippen LogP contribution in [0.3, 0.4) is 0 Å². The van der Waals surface area contributed by atoms with E-state index in [1.54, 1.807) is 12.1 Å². The number of hydrogen-bond acceptors (Lipinski definition) is 4. The normalized spacial score (nSPS) is 11.7. The van der Waals surface area contributed by atoms with Crippen LogP contribution in [0.4, 0.5) is 14.5 Å². The molecule has 0 fully saturated rings. The van der Waals surface area contributed by atoms with E-state index in [1.807, 2.05) is 17.5 Å². The Bertz CT molecular complexity index is 946. The Labute approximate surface area is 175 Å². The standard InChI is InChI=1S/C21H18F2N2O2S2/c22-15-5-3-14(4-6-15)21(18-2-1-11-29-18)25-20(27)13-28-12-19(26)24-17-9-7-16(23)8-10-17/h1-11,21H,12-13H2,(H,24,26)(H,25,27). The summed E-state index contributed by atoms with van der Waals surface area (Å²) in [5, 5.41) is 7.49. The Morgan fingerprint density at radius 1 is 0.897 bits per heavy atom. The van der Waals surface area contributed by atoms with Crippen molar-refractivity contribution in [1.82, 2.24) is 5.32 Å². The van der Waals surface area contributed by atoms with Gasteiger partial charge in [-0.1, -0.05) is 18.2 Å². The molecule has 0 saturated heterocycles. The van der Waals surface area contributed by atoms with Gasteiger partial charge in [-0.05, 0) is 53.4 Å². The molecule has 8 heteroatoms. The van der Waals surface area contributed by atoms with Crippen LogP contribution in [0.1, 0.15) is 16.5 Å². The van der Waals surface area contributed by atoms with E-state index in [0.29, 0.717) is 5.69 Å². The molecule has 3 aromatic rings. The minimum Gasteiger partial charge on any atom is -0.344 e. The number of nitrogens with one attached hydrogen (secondary N) is 2. The first-order valence-electron chi connectivity index (χ1n) is 8.72. The molecule has 4 nitrogen and oxygen atoms in total. The number of carbonyl (C=O) groups excluding carboxylic acids is 2. The van der Waals surface area contributed by atoms with Crippen molar-refractivity contribution in [2.24, 2.45) is 0 Å². The number of halogens is 2. The van der Waals surface area contributed by atoms with Crippen molar-refractivity contribution < 1.29 is 18.4 Å². The highest BCUT2D eigenvalue weighted by molar-refractivity contribution is 8.00. The van der Waals surface area contributed by atoms with E-state index in [4.69, 9.17) is 0 Å². The number of thiophene rings is 1. The summed E-state index contributed by atoms with van der Waals surface area (Å²) in [4.78, 5) is 25.3. The van der Waals surface area contributed by atoms with Gasteiger partial charge >= 0.3 is 0 Å². The molecule has 150 valence electrons. The van der Waals surface area contributed by atoms with Crippen molar-refractivity contribution >= 4 is 40.6 Å². The molecule has 1 aromatic heterocycles. The topological polar surface area (TPSA) is 58.2 Å². The zero-order valence-corrected chi connectivity index (χ0v) is 16.9. The molecular weight excluding hydrogens is 414 g/mol. The zero-order valence-electron chi connectivity index (χ0n) is 15.2. The van der Waals surface area contributed by atoms with E-state index >= 15 is 0 Å². The van der Waals surface area contributed by atoms with Crippen molar-refractivity contribution in [1.29, 1.82) is 0 Å². The molecule has 1 unspecified atom stereocenters. The molecular formula is C21H18F2N2O2S2. The zero-order chi connectivity index (χ0) is 20.6. The van der Waals surface area contributed by atoms with E-state index in [2.05, 4.69) is 10.6 Å². The van der Waals surface area contributed by atoms with Crippen LogP contribution in [0.15, 0.2) is 66.0 Å². The molecule has 0 aliphatic rings. The number of thioether (sulfide) groups is 1. The smallest absolute Gasteiger partial charge is 0.234 e. The lowest BCUT2D eigenvalue weighted by molar-refractivity contribution is -0.119. The van der Waals surface area contributed by atoms with Crippen molar-refractivity contribution in [3.63, 3.8) is 0 Å². The summed E-state index contributed by atoms with van der Waals surface area (Å²) in [6.45, 7) is 0. The van der Waals surface area contributed by atoms with Crippen LogP contribution in [0.25, 0.3) is 0 Å². The molecule has 0 radical (unpaired) electrons. The summed E-state index contributed by atoms with van der Waals surface area (Å²) in [6, 6.07) is 14.9. The number of carbonyl (C=O) groups is 2. The van der Waals surface area contributed by atoms with Crippen LogP contribution in [0.5, 0.6) is 0 Å². The molecule has 29 heavy (non-hydrogen) atoms. The largest absolute Gasteiger partial charge is 0.344 e. The third kappa shape index (κ3) is 6.40. The molecule has 0 bridgehead atoms. The van der Waals surface area contributed by atoms with E-state index < -0.39 is 0 Å². The maximum absolute atomic E-state index is 13.2. The van der Waals surface area contributed by atoms with Crippen LogP contribution in [0, 0.1) is 11.6 Å². The Morgan fingerprint density at radius 2 is 1.52 bits per heavy atom. The Hall–Kier alpha value is -2.71. The predicted octanol–water partition coefficient (Wildman–Crippen LogP) is 4.60. The van der Waals surface area contributed by atoms with Crippen LogP contribution in [-0.2, 0) is 9.59 Å². The third-order valence-corrected chi connectivity index (χ3v) is 5.80. The summed E-state index contributed by atoms with van der Waals surface area (Å²) in [5.74, 6) is -1.04. The van der Waals surface area contributed by atoms with Gasteiger partial charge in [0.25, 0.3) is 0 Å². The van der Waals surface area contributed by atoms with Crippen LogP contribution < -0.4 is 10.6 Å². The number of anilines is 1.